The first-order valence-electron chi connectivity index (χ1n) is 4.40. The Bertz CT molecular complexity index is 474. The number of halogens is 2. The van der Waals surface area contributed by atoms with Crippen LogP contribution >= 0.6 is 35.8 Å². The van der Waals surface area contributed by atoms with Crippen molar-refractivity contribution in [1.82, 2.24) is 0 Å². The average Bonchev–Trinajstić information content (AvgIpc) is 2.16. The Kier molecular flexibility index (Phi) is 3.25. The van der Waals surface area contributed by atoms with Gasteiger partial charge in [-0.15, -0.1) is 12.6 Å². The number of hydrogen-bond acceptors (Lipinski definition) is 1. The maximum absolute atomic E-state index is 5.94. The predicted molar refractivity (Wildman–Crippen MR) is 69.2 cm³/mol. The van der Waals surface area contributed by atoms with Gasteiger partial charge in [-0.1, -0.05) is 35.3 Å². The average molecular weight is 255 g/mol. The van der Waals surface area contributed by atoms with Crippen molar-refractivity contribution in [3.63, 3.8) is 0 Å². The van der Waals surface area contributed by atoms with Crippen LogP contribution in [0.3, 0.4) is 0 Å². The molecule has 2 aromatic carbocycles. The first-order chi connectivity index (χ1) is 7.15. The summed E-state index contributed by atoms with van der Waals surface area (Å²) >= 11 is 16.2. The minimum absolute atomic E-state index is 0.641. The van der Waals surface area contributed by atoms with Crippen molar-refractivity contribution in [3.05, 3.63) is 52.5 Å². The normalized spacial score (nSPS) is 10.3. The fraction of sp³-hybridized carbons (Fsp3) is 0. The lowest BCUT2D eigenvalue weighted by Gasteiger charge is -2.04. The highest BCUT2D eigenvalue weighted by Gasteiger charge is 2.01. The highest BCUT2D eigenvalue weighted by molar-refractivity contribution is 7.80. The SMILES string of the molecule is Sc1cccc(-c2cc(Cl)cc(Cl)c2)c1. The molecule has 0 aliphatic rings. The Balaban J connectivity index is 2.54. The van der Waals surface area contributed by atoms with Gasteiger partial charge in [0.1, 0.15) is 0 Å². The van der Waals surface area contributed by atoms with Gasteiger partial charge in [-0.25, -0.2) is 0 Å². The van der Waals surface area contributed by atoms with Crippen molar-refractivity contribution < 1.29 is 0 Å². The molecule has 0 radical (unpaired) electrons. The highest BCUT2D eigenvalue weighted by Crippen LogP contribution is 2.28. The molecule has 0 nitrogen and oxygen atoms in total. The van der Waals surface area contributed by atoms with Crippen LogP contribution in [0.1, 0.15) is 0 Å². The molecule has 0 unspecified atom stereocenters. The maximum atomic E-state index is 5.94. The molecule has 0 saturated carbocycles. The summed E-state index contributed by atoms with van der Waals surface area (Å²) in [6, 6.07) is 13.3. The van der Waals surface area contributed by atoms with Crippen LogP contribution < -0.4 is 0 Å². The lowest BCUT2D eigenvalue weighted by molar-refractivity contribution is 1.47. The van der Waals surface area contributed by atoms with Gasteiger partial charge in [0.15, 0.2) is 0 Å². The van der Waals surface area contributed by atoms with Gasteiger partial charge in [-0.2, -0.15) is 0 Å². The lowest BCUT2D eigenvalue weighted by atomic mass is 10.1. The molecule has 0 saturated heterocycles. The number of rotatable bonds is 1. The van der Waals surface area contributed by atoms with Crippen LogP contribution in [0.2, 0.25) is 10.0 Å². The molecule has 2 aromatic rings. The second kappa shape index (κ2) is 4.48. The molecule has 0 heterocycles. The van der Waals surface area contributed by atoms with Gasteiger partial charge in [0.2, 0.25) is 0 Å². The third-order valence-electron chi connectivity index (χ3n) is 2.04. The van der Waals surface area contributed by atoms with Crippen molar-refractivity contribution in [2.24, 2.45) is 0 Å². The summed E-state index contributed by atoms with van der Waals surface area (Å²) in [5.74, 6) is 0. The van der Waals surface area contributed by atoms with Crippen molar-refractivity contribution >= 4 is 35.8 Å². The van der Waals surface area contributed by atoms with E-state index in [0.717, 1.165) is 16.0 Å². The number of thiol groups is 1. The highest BCUT2D eigenvalue weighted by atomic mass is 35.5. The van der Waals surface area contributed by atoms with Crippen LogP contribution in [0.5, 0.6) is 0 Å². The largest absolute Gasteiger partial charge is 0.143 e. The van der Waals surface area contributed by atoms with E-state index in [9.17, 15) is 0 Å². The Morgan fingerprint density at radius 1 is 0.800 bits per heavy atom. The third kappa shape index (κ3) is 2.69. The van der Waals surface area contributed by atoms with E-state index in [1.54, 1.807) is 6.07 Å². The zero-order valence-corrected chi connectivity index (χ0v) is 10.2. The van der Waals surface area contributed by atoms with Gasteiger partial charge >= 0.3 is 0 Å². The van der Waals surface area contributed by atoms with Crippen LogP contribution in [0, 0.1) is 0 Å². The molecular weight excluding hydrogens is 247 g/mol. The minimum Gasteiger partial charge on any atom is -0.143 e. The summed E-state index contributed by atoms with van der Waals surface area (Å²) in [7, 11) is 0. The zero-order valence-electron chi connectivity index (χ0n) is 7.74. The van der Waals surface area contributed by atoms with E-state index in [4.69, 9.17) is 23.2 Å². The fourth-order valence-electron chi connectivity index (χ4n) is 1.41. The molecule has 0 N–H and O–H groups in total. The summed E-state index contributed by atoms with van der Waals surface area (Å²) in [4.78, 5) is 0.920. The molecule has 0 fully saturated rings. The van der Waals surface area contributed by atoms with Crippen LogP contribution in [0.25, 0.3) is 11.1 Å². The van der Waals surface area contributed by atoms with E-state index in [1.165, 1.54) is 0 Å². The van der Waals surface area contributed by atoms with Crippen LogP contribution in [-0.4, -0.2) is 0 Å². The lowest BCUT2D eigenvalue weighted by Crippen LogP contribution is -1.78. The molecule has 2 rings (SSSR count). The Hall–Kier alpha value is -0.630. The van der Waals surface area contributed by atoms with Crippen molar-refractivity contribution in [3.8, 4) is 11.1 Å². The van der Waals surface area contributed by atoms with Crippen molar-refractivity contribution in [2.45, 2.75) is 4.90 Å². The van der Waals surface area contributed by atoms with Gasteiger partial charge < -0.3 is 0 Å². The Labute approximate surface area is 104 Å². The van der Waals surface area contributed by atoms with Crippen molar-refractivity contribution in [2.75, 3.05) is 0 Å². The van der Waals surface area contributed by atoms with E-state index in [1.807, 2.05) is 36.4 Å². The van der Waals surface area contributed by atoms with E-state index in [0.29, 0.717) is 10.0 Å². The monoisotopic (exact) mass is 254 g/mol. The van der Waals surface area contributed by atoms with Crippen LogP contribution in [0.4, 0.5) is 0 Å². The molecule has 0 amide bonds. The maximum Gasteiger partial charge on any atom is 0.0426 e. The van der Waals surface area contributed by atoms with E-state index >= 15 is 0 Å². The number of hydrogen-bond donors (Lipinski definition) is 1. The quantitative estimate of drug-likeness (QED) is 0.685. The number of benzene rings is 2. The summed E-state index contributed by atoms with van der Waals surface area (Å²) in [5.41, 5.74) is 2.07. The molecular formula is C12H8Cl2S. The minimum atomic E-state index is 0.641. The molecule has 0 spiro atoms. The first-order valence-corrected chi connectivity index (χ1v) is 5.61. The molecule has 0 bridgehead atoms. The third-order valence-corrected chi connectivity index (χ3v) is 2.76. The summed E-state index contributed by atoms with van der Waals surface area (Å²) < 4.78 is 0. The molecule has 3 heteroatoms. The van der Waals surface area contributed by atoms with E-state index < -0.39 is 0 Å². The fourth-order valence-corrected chi connectivity index (χ4v) is 2.16. The van der Waals surface area contributed by atoms with Crippen LogP contribution in [-0.2, 0) is 0 Å². The van der Waals surface area contributed by atoms with Gasteiger partial charge in [0.05, 0.1) is 0 Å². The molecule has 0 aliphatic carbocycles. The van der Waals surface area contributed by atoms with Gasteiger partial charge in [0.25, 0.3) is 0 Å². The molecule has 0 aromatic heterocycles. The van der Waals surface area contributed by atoms with Crippen molar-refractivity contribution in [1.29, 1.82) is 0 Å². The molecule has 0 aliphatic heterocycles. The predicted octanol–water partition coefficient (Wildman–Crippen LogP) is 4.95. The van der Waals surface area contributed by atoms with Gasteiger partial charge in [-0.05, 0) is 41.5 Å². The Morgan fingerprint density at radius 2 is 1.47 bits per heavy atom. The Morgan fingerprint density at radius 3 is 2.07 bits per heavy atom. The van der Waals surface area contributed by atoms with E-state index in [-0.39, 0.29) is 0 Å². The van der Waals surface area contributed by atoms with Gasteiger partial charge in [-0.3, -0.25) is 0 Å². The second-order valence-electron chi connectivity index (χ2n) is 3.21. The molecule has 15 heavy (non-hydrogen) atoms. The second-order valence-corrected chi connectivity index (χ2v) is 4.60. The standard InChI is InChI=1S/C12H8Cl2S/c13-10-4-9(5-11(14)7-10)8-2-1-3-12(15)6-8/h1-7,15H. The summed E-state index contributed by atoms with van der Waals surface area (Å²) in [5, 5.41) is 1.28. The van der Waals surface area contributed by atoms with Gasteiger partial charge in [0, 0.05) is 14.9 Å². The molecule has 0 atom stereocenters. The van der Waals surface area contributed by atoms with Crippen LogP contribution in [0.15, 0.2) is 47.4 Å². The zero-order chi connectivity index (χ0) is 10.8. The summed E-state index contributed by atoms with van der Waals surface area (Å²) in [6.07, 6.45) is 0. The molecule has 76 valence electrons. The smallest absolute Gasteiger partial charge is 0.0426 e. The first kappa shape index (κ1) is 10.9. The van der Waals surface area contributed by atoms with E-state index in [2.05, 4.69) is 12.6 Å². The topological polar surface area (TPSA) is 0 Å². The summed E-state index contributed by atoms with van der Waals surface area (Å²) in [6.45, 7) is 0.